The van der Waals surface area contributed by atoms with Gasteiger partial charge in [-0.05, 0) is 28.7 Å². The highest BCUT2D eigenvalue weighted by atomic mass is 31.1. The second-order valence-corrected chi connectivity index (χ2v) is 7.64. The number of methoxy groups -OCH3 is 1. The molecule has 0 radical (unpaired) electrons. The summed E-state index contributed by atoms with van der Waals surface area (Å²) >= 11 is 0. The Balaban J connectivity index is 2.48. The van der Waals surface area contributed by atoms with E-state index >= 15 is 0 Å². The van der Waals surface area contributed by atoms with E-state index in [1.165, 1.54) is 7.11 Å². The summed E-state index contributed by atoms with van der Waals surface area (Å²) in [5.41, 5.74) is -0.0721. The average Bonchev–Trinajstić information content (AvgIpc) is 2.70. The summed E-state index contributed by atoms with van der Waals surface area (Å²) in [6, 6.07) is 14.7. The monoisotopic (exact) mass is 420 g/mol. The van der Waals surface area contributed by atoms with Crippen LogP contribution in [0.3, 0.4) is 0 Å². The predicted octanol–water partition coefficient (Wildman–Crippen LogP) is 3.52. The van der Waals surface area contributed by atoms with Gasteiger partial charge in [0.15, 0.2) is 0 Å². The lowest BCUT2D eigenvalue weighted by Crippen LogP contribution is -2.35. The standard InChI is InChI=1S/C20H22NO7P/c1-28-15-9-5-8-14(12-15)21-18(13-6-3-2-4-7-13)19(29(26)27)16(20(24)25)10-11-17(22)23/h2-9,12,16,18-19,21H,10-11H2,1H3,(H2-,22,23,24,25,26,27)/p+1. The number of nitrogens with one attached hydrogen (secondary N) is 1. The molecule has 4 unspecified atom stereocenters. The third kappa shape index (κ3) is 6.27. The third-order valence-corrected chi connectivity index (χ3v) is 5.71. The second-order valence-electron chi connectivity index (χ2n) is 6.43. The molecule has 2 aromatic carbocycles. The Morgan fingerprint density at radius 3 is 2.34 bits per heavy atom. The maximum Gasteiger partial charge on any atom is 0.512 e. The molecule has 0 aliphatic rings. The van der Waals surface area contributed by atoms with Crippen molar-refractivity contribution in [3.05, 3.63) is 60.2 Å². The molecule has 0 saturated heterocycles. The minimum Gasteiger partial charge on any atom is -0.497 e. The quantitative estimate of drug-likeness (QED) is 0.406. The molecule has 29 heavy (non-hydrogen) atoms. The van der Waals surface area contributed by atoms with Crippen molar-refractivity contribution in [3.8, 4) is 5.75 Å². The van der Waals surface area contributed by atoms with Gasteiger partial charge >= 0.3 is 20.0 Å². The molecule has 0 spiro atoms. The van der Waals surface area contributed by atoms with Gasteiger partial charge in [-0.15, -0.1) is 0 Å². The van der Waals surface area contributed by atoms with Crippen LogP contribution in [-0.2, 0) is 14.2 Å². The summed E-state index contributed by atoms with van der Waals surface area (Å²) in [5, 5.41) is 21.8. The van der Waals surface area contributed by atoms with Crippen molar-refractivity contribution in [1.82, 2.24) is 0 Å². The van der Waals surface area contributed by atoms with Crippen molar-refractivity contribution in [1.29, 1.82) is 0 Å². The van der Waals surface area contributed by atoms with Gasteiger partial charge in [-0.3, -0.25) is 9.59 Å². The molecule has 0 heterocycles. The maximum atomic E-state index is 12.3. The molecule has 2 rings (SSSR count). The zero-order valence-electron chi connectivity index (χ0n) is 15.8. The molecule has 0 saturated carbocycles. The molecule has 0 amide bonds. The van der Waals surface area contributed by atoms with E-state index in [9.17, 15) is 24.2 Å². The highest BCUT2D eigenvalue weighted by Gasteiger charge is 2.48. The summed E-state index contributed by atoms with van der Waals surface area (Å²) in [5.74, 6) is -3.25. The first-order chi connectivity index (χ1) is 13.8. The van der Waals surface area contributed by atoms with Crippen LogP contribution in [0.15, 0.2) is 54.6 Å². The third-order valence-electron chi connectivity index (χ3n) is 4.55. The van der Waals surface area contributed by atoms with E-state index < -0.39 is 44.0 Å². The largest absolute Gasteiger partial charge is 0.512 e. The number of carboxylic acid groups (broad SMARTS) is 2. The van der Waals surface area contributed by atoms with Gasteiger partial charge in [0.1, 0.15) is 17.7 Å². The van der Waals surface area contributed by atoms with E-state index in [4.69, 9.17) is 9.84 Å². The maximum absolute atomic E-state index is 12.3. The smallest absolute Gasteiger partial charge is 0.497 e. The molecular weight excluding hydrogens is 397 g/mol. The summed E-state index contributed by atoms with van der Waals surface area (Å²) in [6.45, 7) is 0. The lowest BCUT2D eigenvalue weighted by molar-refractivity contribution is -0.143. The van der Waals surface area contributed by atoms with Gasteiger partial charge in [0, 0.05) is 18.2 Å². The van der Waals surface area contributed by atoms with Crippen molar-refractivity contribution in [2.45, 2.75) is 24.5 Å². The zero-order chi connectivity index (χ0) is 21.4. The van der Waals surface area contributed by atoms with Crippen LogP contribution >= 0.6 is 8.03 Å². The summed E-state index contributed by atoms with van der Waals surface area (Å²) < 4.78 is 17.5. The van der Waals surface area contributed by atoms with Gasteiger partial charge < -0.3 is 20.3 Å². The molecule has 0 bridgehead atoms. The summed E-state index contributed by atoms with van der Waals surface area (Å²) in [6.07, 6.45) is -0.683. The molecule has 9 heteroatoms. The number of rotatable bonds is 11. The molecule has 0 aliphatic carbocycles. The van der Waals surface area contributed by atoms with Gasteiger partial charge in [0.05, 0.1) is 7.11 Å². The lowest BCUT2D eigenvalue weighted by atomic mass is 9.90. The fourth-order valence-corrected chi connectivity index (χ4v) is 4.24. The average molecular weight is 420 g/mol. The SMILES string of the molecule is COc1cccc(NC(c2ccccc2)C(C(CCC(=O)O)C(=O)O)[P+](=O)O)c1. The van der Waals surface area contributed by atoms with Crippen LogP contribution in [0.4, 0.5) is 5.69 Å². The molecule has 154 valence electrons. The molecule has 8 nitrogen and oxygen atoms in total. The zero-order valence-corrected chi connectivity index (χ0v) is 16.7. The minimum atomic E-state index is -2.95. The van der Waals surface area contributed by atoms with E-state index in [2.05, 4.69) is 5.32 Å². The number of carbonyl (C=O) groups is 2. The van der Waals surface area contributed by atoms with Gasteiger partial charge in [-0.25, -0.2) is 0 Å². The number of benzene rings is 2. The molecular formula is C20H23NO7P+. The Bertz CT molecular complexity index is 859. The van der Waals surface area contributed by atoms with E-state index in [1.54, 1.807) is 54.6 Å². The van der Waals surface area contributed by atoms with Crippen LogP contribution in [0.1, 0.15) is 24.4 Å². The van der Waals surface area contributed by atoms with Crippen LogP contribution in [0, 0.1) is 5.92 Å². The van der Waals surface area contributed by atoms with Crippen molar-refractivity contribution in [2.75, 3.05) is 12.4 Å². The summed E-state index contributed by atoms with van der Waals surface area (Å²) in [7, 11) is -1.45. The number of carboxylic acids is 2. The first-order valence-electron chi connectivity index (χ1n) is 8.89. The van der Waals surface area contributed by atoms with Gasteiger partial charge in [0.2, 0.25) is 5.66 Å². The van der Waals surface area contributed by atoms with Crippen LogP contribution < -0.4 is 10.1 Å². The van der Waals surface area contributed by atoms with E-state index in [-0.39, 0.29) is 6.42 Å². The summed E-state index contributed by atoms with van der Waals surface area (Å²) in [4.78, 5) is 32.9. The van der Waals surface area contributed by atoms with Crippen LogP contribution in [-0.4, -0.2) is 39.8 Å². The van der Waals surface area contributed by atoms with Crippen LogP contribution in [0.5, 0.6) is 5.75 Å². The van der Waals surface area contributed by atoms with E-state index in [1.807, 2.05) is 0 Å². The first kappa shape index (κ1) is 22.3. The molecule has 0 fully saturated rings. The number of ether oxygens (including phenoxy) is 1. The number of hydrogen-bond acceptors (Lipinski definition) is 5. The molecule has 0 aromatic heterocycles. The van der Waals surface area contributed by atoms with Gasteiger partial charge in [0.25, 0.3) is 0 Å². The Labute approximate surface area is 169 Å². The van der Waals surface area contributed by atoms with Crippen molar-refractivity contribution in [2.24, 2.45) is 5.92 Å². The number of aliphatic carboxylic acids is 2. The highest BCUT2D eigenvalue weighted by Crippen LogP contribution is 2.42. The molecule has 4 N–H and O–H groups in total. The van der Waals surface area contributed by atoms with Crippen molar-refractivity contribution < 1.29 is 34.0 Å². The topological polar surface area (TPSA) is 133 Å². The molecule has 2 aromatic rings. The Kier molecular flexibility index (Phi) is 8.12. The molecule has 0 aliphatic heterocycles. The number of hydrogen-bond donors (Lipinski definition) is 4. The Morgan fingerprint density at radius 1 is 1.10 bits per heavy atom. The fraction of sp³-hybridized carbons (Fsp3) is 0.300. The lowest BCUT2D eigenvalue weighted by Gasteiger charge is -2.25. The van der Waals surface area contributed by atoms with E-state index in [0.29, 0.717) is 17.0 Å². The molecule has 4 atom stereocenters. The van der Waals surface area contributed by atoms with Crippen molar-refractivity contribution >= 4 is 25.7 Å². The predicted molar refractivity (Wildman–Crippen MR) is 107 cm³/mol. The number of anilines is 1. The van der Waals surface area contributed by atoms with Crippen LogP contribution in [0.25, 0.3) is 0 Å². The fourth-order valence-electron chi connectivity index (χ4n) is 3.15. The van der Waals surface area contributed by atoms with Crippen LogP contribution in [0.2, 0.25) is 0 Å². The second kappa shape index (κ2) is 10.5. The Morgan fingerprint density at radius 2 is 1.79 bits per heavy atom. The first-order valence-corrected chi connectivity index (χ1v) is 10.2. The Hall–Kier alpha value is -2.96. The van der Waals surface area contributed by atoms with Crippen molar-refractivity contribution in [3.63, 3.8) is 0 Å². The van der Waals surface area contributed by atoms with Gasteiger partial charge in [-0.1, -0.05) is 36.4 Å². The van der Waals surface area contributed by atoms with E-state index in [0.717, 1.165) is 0 Å². The minimum absolute atomic E-state index is 0.264. The van der Waals surface area contributed by atoms with Gasteiger partial charge in [-0.2, -0.15) is 4.89 Å². The normalized spacial score (nSPS) is 14.3. The highest BCUT2D eigenvalue weighted by molar-refractivity contribution is 7.39.